The molecule has 24 heavy (non-hydrogen) atoms. The van der Waals surface area contributed by atoms with Crippen molar-refractivity contribution >= 4 is 17.3 Å². The lowest BCUT2D eigenvalue weighted by molar-refractivity contribution is 0.707. The number of anilines is 1. The van der Waals surface area contributed by atoms with Crippen LogP contribution in [0, 0.1) is 11.3 Å². The van der Waals surface area contributed by atoms with Gasteiger partial charge in [-0.2, -0.15) is 5.26 Å². The Balaban J connectivity index is 1.81. The smallest absolute Gasteiger partial charge is 0.128 e. The minimum absolute atomic E-state index is 0.592. The molecule has 0 unspecified atom stereocenters. The van der Waals surface area contributed by atoms with Gasteiger partial charge in [0.2, 0.25) is 0 Å². The maximum absolute atomic E-state index is 9.29. The molecule has 2 aromatic carbocycles. The summed E-state index contributed by atoms with van der Waals surface area (Å²) in [5, 5.41) is 9.91. The molecule has 0 amide bonds. The molecule has 0 spiro atoms. The molecule has 1 aromatic heterocycles. The molecule has 3 rings (SSSR count). The first-order valence-electron chi connectivity index (χ1n) is 7.62. The van der Waals surface area contributed by atoms with Crippen LogP contribution in [0.4, 0.5) is 5.69 Å². The van der Waals surface area contributed by atoms with Gasteiger partial charge >= 0.3 is 0 Å². The lowest BCUT2D eigenvalue weighted by Gasteiger charge is -2.21. The summed E-state index contributed by atoms with van der Waals surface area (Å²) in [5.41, 5.74) is 2.63. The molecule has 3 aromatic rings. The molecule has 0 saturated heterocycles. The van der Waals surface area contributed by atoms with E-state index < -0.39 is 0 Å². The molecule has 5 heteroatoms. The fourth-order valence-electron chi connectivity index (χ4n) is 2.63. The van der Waals surface area contributed by atoms with Crippen molar-refractivity contribution in [3.8, 4) is 6.07 Å². The molecule has 1 heterocycles. The third kappa shape index (κ3) is 3.58. The van der Waals surface area contributed by atoms with Crippen molar-refractivity contribution in [3.05, 3.63) is 82.9 Å². The molecule has 0 aliphatic rings. The molecule has 0 radical (unpaired) electrons. The van der Waals surface area contributed by atoms with Crippen LogP contribution >= 0.6 is 11.6 Å². The Hall–Kier alpha value is -2.77. The Labute approximate surface area is 146 Å². The number of hydrogen-bond donors (Lipinski definition) is 0. The maximum Gasteiger partial charge on any atom is 0.128 e. The van der Waals surface area contributed by atoms with Gasteiger partial charge in [0.1, 0.15) is 11.9 Å². The molecule has 0 atom stereocenters. The van der Waals surface area contributed by atoms with Crippen molar-refractivity contribution in [3.63, 3.8) is 0 Å². The van der Waals surface area contributed by atoms with Crippen molar-refractivity contribution in [1.29, 1.82) is 5.26 Å². The number of halogens is 1. The van der Waals surface area contributed by atoms with E-state index in [2.05, 4.69) is 27.8 Å². The molecule has 0 bridgehead atoms. The van der Waals surface area contributed by atoms with Crippen LogP contribution in [0.3, 0.4) is 0 Å². The number of benzene rings is 2. The molecule has 120 valence electrons. The van der Waals surface area contributed by atoms with Crippen LogP contribution in [-0.2, 0) is 13.1 Å². The average molecular weight is 337 g/mol. The molecule has 0 aliphatic carbocycles. The summed E-state index contributed by atoms with van der Waals surface area (Å²) in [6.07, 6.45) is 3.77. The summed E-state index contributed by atoms with van der Waals surface area (Å²) in [5.74, 6) is 0.935. The minimum atomic E-state index is 0.592. The Bertz CT molecular complexity index is 865. The predicted molar refractivity (Wildman–Crippen MR) is 96.0 cm³/mol. The van der Waals surface area contributed by atoms with Gasteiger partial charge in [0.05, 0.1) is 17.8 Å². The molecule has 0 fully saturated rings. The highest BCUT2D eigenvalue weighted by molar-refractivity contribution is 6.30. The van der Waals surface area contributed by atoms with Crippen molar-refractivity contribution in [2.45, 2.75) is 13.1 Å². The number of hydrogen-bond acceptors (Lipinski definition) is 3. The number of imidazole rings is 1. The van der Waals surface area contributed by atoms with Gasteiger partial charge in [-0.3, -0.25) is 0 Å². The Morgan fingerprint density at radius 3 is 2.75 bits per heavy atom. The van der Waals surface area contributed by atoms with E-state index >= 15 is 0 Å². The number of nitrogens with zero attached hydrogens (tertiary/aromatic N) is 4. The fraction of sp³-hybridized carbons (Fsp3) is 0.158. The lowest BCUT2D eigenvalue weighted by atomic mass is 10.2. The van der Waals surface area contributed by atoms with Crippen LogP contribution < -0.4 is 4.90 Å². The zero-order chi connectivity index (χ0) is 16.9. The summed E-state index contributed by atoms with van der Waals surface area (Å²) in [6, 6.07) is 17.8. The van der Waals surface area contributed by atoms with Gasteiger partial charge in [0, 0.05) is 31.0 Å². The third-order valence-electron chi connectivity index (χ3n) is 3.87. The minimum Gasteiger partial charge on any atom is -0.366 e. The summed E-state index contributed by atoms with van der Waals surface area (Å²) >= 11 is 6.08. The van der Waals surface area contributed by atoms with Gasteiger partial charge in [-0.25, -0.2) is 4.98 Å². The van der Waals surface area contributed by atoms with Gasteiger partial charge in [-0.15, -0.1) is 0 Å². The zero-order valence-corrected chi connectivity index (χ0v) is 14.1. The third-order valence-corrected chi connectivity index (χ3v) is 4.10. The Kier molecular flexibility index (Phi) is 4.83. The zero-order valence-electron chi connectivity index (χ0n) is 13.4. The number of aromatic nitrogens is 2. The van der Waals surface area contributed by atoms with E-state index in [0.29, 0.717) is 17.1 Å². The first-order valence-corrected chi connectivity index (χ1v) is 8.00. The highest BCUT2D eigenvalue weighted by Crippen LogP contribution is 2.24. The first kappa shape index (κ1) is 16.1. The number of rotatable bonds is 5. The quantitative estimate of drug-likeness (QED) is 0.704. The van der Waals surface area contributed by atoms with Gasteiger partial charge in [-0.1, -0.05) is 41.9 Å². The van der Waals surface area contributed by atoms with Crippen LogP contribution in [0.1, 0.15) is 17.0 Å². The predicted octanol–water partition coefficient (Wildman–Crippen LogP) is 4.09. The maximum atomic E-state index is 9.29. The van der Waals surface area contributed by atoms with E-state index in [-0.39, 0.29) is 0 Å². The van der Waals surface area contributed by atoms with Gasteiger partial charge in [-0.05, 0) is 23.8 Å². The summed E-state index contributed by atoms with van der Waals surface area (Å²) in [6.45, 7) is 1.36. The summed E-state index contributed by atoms with van der Waals surface area (Å²) < 4.78 is 2.11. The normalized spacial score (nSPS) is 10.4. The van der Waals surface area contributed by atoms with Crippen molar-refractivity contribution in [1.82, 2.24) is 9.55 Å². The van der Waals surface area contributed by atoms with Crippen LogP contribution in [0.25, 0.3) is 0 Å². The van der Waals surface area contributed by atoms with E-state index in [1.165, 1.54) is 5.56 Å². The molecule has 0 N–H and O–H groups in total. The Morgan fingerprint density at radius 2 is 2.00 bits per heavy atom. The molecule has 0 saturated carbocycles. The second kappa shape index (κ2) is 7.20. The van der Waals surface area contributed by atoms with E-state index in [1.807, 2.05) is 42.4 Å². The highest BCUT2D eigenvalue weighted by atomic mass is 35.5. The monoisotopic (exact) mass is 336 g/mol. The average Bonchev–Trinajstić information content (AvgIpc) is 3.02. The van der Waals surface area contributed by atoms with E-state index in [0.717, 1.165) is 18.1 Å². The Morgan fingerprint density at radius 1 is 1.21 bits per heavy atom. The topological polar surface area (TPSA) is 44.9 Å². The fourth-order valence-corrected chi connectivity index (χ4v) is 2.79. The van der Waals surface area contributed by atoms with E-state index in [4.69, 9.17) is 11.6 Å². The van der Waals surface area contributed by atoms with Crippen LogP contribution in [0.2, 0.25) is 5.02 Å². The molecule has 4 nitrogen and oxygen atoms in total. The van der Waals surface area contributed by atoms with Gasteiger partial charge in [0.15, 0.2) is 0 Å². The SMILES string of the molecule is CN(Cc1nccn1Cc1ccccc1)c1cc(Cl)ccc1C#N. The molecular formula is C19H17ClN4. The van der Waals surface area contributed by atoms with Crippen LogP contribution in [0.15, 0.2) is 60.9 Å². The van der Waals surface area contributed by atoms with Crippen LogP contribution in [-0.4, -0.2) is 16.6 Å². The van der Waals surface area contributed by atoms with Crippen LogP contribution in [0.5, 0.6) is 0 Å². The molecule has 0 aliphatic heterocycles. The van der Waals surface area contributed by atoms with Crippen molar-refractivity contribution in [2.24, 2.45) is 0 Å². The van der Waals surface area contributed by atoms with E-state index in [1.54, 1.807) is 18.3 Å². The second-order valence-electron chi connectivity index (χ2n) is 5.59. The highest BCUT2D eigenvalue weighted by Gasteiger charge is 2.12. The van der Waals surface area contributed by atoms with Gasteiger partial charge < -0.3 is 9.47 Å². The van der Waals surface area contributed by atoms with Gasteiger partial charge in [0.25, 0.3) is 0 Å². The second-order valence-corrected chi connectivity index (χ2v) is 6.02. The summed E-state index contributed by atoms with van der Waals surface area (Å²) in [7, 11) is 1.94. The lowest BCUT2D eigenvalue weighted by Crippen LogP contribution is -2.20. The van der Waals surface area contributed by atoms with Crippen molar-refractivity contribution < 1.29 is 0 Å². The van der Waals surface area contributed by atoms with E-state index in [9.17, 15) is 5.26 Å². The standard InChI is InChI=1S/C19H17ClN4/c1-23(18-11-17(20)8-7-16(18)12-21)14-19-22-9-10-24(19)13-15-5-3-2-4-6-15/h2-11H,13-14H2,1H3. The first-order chi connectivity index (χ1) is 11.7. The summed E-state index contributed by atoms with van der Waals surface area (Å²) in [4.78, 5) is 6.46. The molecular weight excluding hydrogens is 320 g/mol. The van der Waals surface area contributed by atoms with Crippen molar-refractivity contribution in [2.75, 3.05) is 11.9 Å². The largest absolute Gasteiger partial charge is 0.366 e. The number of nitriles is 1.